The first kappa shape index (κ1) is 21.5. The standard InChI is InChI=1S/C22H27N3O5/c1-22(2,3)30-21(28)25-10-8-15(9-11-25)14-29-20-23-12-18(13-24-20)16-4-6-17(7-5-16)19(26)27/h4-7,12-13,15H,8-11,14H2,1-3H3,(H,26,27). The zero-order chi connectivity index (χ0) is 21.7. The van der Waals surface area contributed by atoms with Gasteiger partial charge in [0, 0.05) is 31.0 Å². The first-order chi connectivity index (χ1) is 14.2. The highest BCUT2D eigenvalue weighted by Gasteiger charge is 2.27. The second-order valence-electron chi connectivity index (χ2n) is 8.36. The summed E-state index contributed by atoms with van der Waals surface area (Å²) in [4.78, 5) is 33.3. The van der Waals surface area contributed by atoms with E-state index in [9.17, 15) is 9.59 Å². The van der Waals surface area contributed by atoms with Crippen LogP contribution in [-0.2, 0) is 4.74 Å². The number of nitrogens with zero attached hydrogens (tertiary/aromatic N) is 3. The number of amides is 1. The summed E-state index contributed by atoms with van der Waals surface area (Å²) in [5.41, 5.74) is 1.36. The molecule has 3 rings (SSSR count). The molecule has 1 aromatic carbocycles. The molecule has 1 N–H and O–H groups in total. The van der Waals surface area contributed by atoms with Crippen molar-refractivity contribution in [1.29, 1.82) is 0 Å². The van der Waals surface area contributed by atoms with Gasteiger partial charge in [0.05, 0.1) is 12.2 Å². The van der Waals surface area contributed by atoms with Crippen LogP contribution in [0.4, 0.5) is 4.79 Å². The second-order valence-corrected chi connectivity index (χ2v) is 8.36. The van der Waals surface area contributed by atoms with Gasteiger partial charge in [-0.05, 0) is 57.2 Å². The van der Waals surface area contributed by atoms with Crippen LogP contribution in [0, 0.1) is 5.92 Å². The number of rotatable bonds is 5. The van der Waals surface area contributed by atoms with Crippen molar-refractivity contribution in [2.45, 2.75) is 39.2 Å². The molecule has 1 amide bonds. The largest absolute Gasteiger partial charge is 0.478 e. The first-order valence-electron chi connectivity index (χ1n) is 9.98. The molecule has 0 bridgehead atoms. The summed E-state index contributed by atoms with van der Waals surface area (Å²) in [7, 11) is 0. The molecule has 0 aliphatic carbocycles. The van der Waals surface area contributed by atoms with Gasteiger partial charge in [-0.3, -0.25) is 0 Å². The Hall–Kier alpha value is -3.16. The Morgan fingerprint density at radius 3 is 2.20 bits per heavy atom. The summed E-state index contributed by atoms with van der Waals surface area (Å²) >= 11 is 0. The molecule has 2 heterocycles. The Balaban J connectivity index is 1.47. The average Bonchev–Trinajstić information content (AvgIpc) is 2.72. The minimum absolute atomic E-state index is 0.234. The monoisotopic (exact) mass is 413 g/mol. The fourth-order valence-electron chi connectivity index (χ4n) is 3.15. The van der Waals surface area contributed by atoms with E-state index >= 15 is 0 Å². The van der Waals surface area contributed by atoms with Gasteiger partial charge in [-0.15, -0.1) is 0 Å². The molecule has 1 fully saturated rings. The predicted molar refractivity (Wildman–Crippen MR) is 110 cm³/mol. The SMILES string of the molecule is CC(C)(C)OC(=O)N1CCC(COc2ncc(-c3ccc(C(=O)O)cc3)cn2)CC1. The Labute approximate surface area is 175 Å². The number of hydrogen-bond acceptors (Lipinski definition) is 6. The molecule has 0 saturated carbocycles. The molecule has 1 aliphatic rings. The zero-order valence-corrected chi connectivity index (χ0v) is 17.5. The summed E-state index contributed by atoms with van der Waals surface area (Å²) in [6.45, 7) is 7.38. The van der Waals surface area contributed by atoms with Crippen LogP contribution in [0.15, 0.2) is 36.7 Å². The van der Waals surface area contributed by atoms with Crippen molar-refractivity contribution in [3.8, 4) is 17.1 Å². The normalized spacial score (nSPS) is 15.0. The minimum atomic E-state index is -0.960. The Morgan fingerprint density at radius 1 is 1.07 bits per heavy atom. The lowest BCUT2D eigenvalue weighted by molar-refractivity contribution is 0.0163. The van der Waals surface area contributed by atoms with Crippen molar-refractivity contribution in [3.05, 3.63) is 42.2 Å². The first-order valence-corrected chi connectivity index (χ1v) is 9.98. The molecule has 0 radical (unpaired) electrons. The third-order valence-corrected chi connectivity index (χ3v) is 4.81. The lowest BCUT2D eigenvalue weighted by Crippen LogP contribution is -2.42. The van der Waals surface area contributed by atoms with Crippen LogP contribution in [0.5, 0.6) is 6.01 Å². The van der Waals surface area contributed by atoms with Crippen molar-refractivity contribution in [2.24, 2.45) is 5.92 Å². The summed E-state index contributed by atoms with van der Waals surface area (Å²) in [6.07, 6.45) is 4.73. The molecule has 0 atom stereocenters. The third kappa shape index (κ3) is 5.92. The predicted octanol–water partition coefficient (Wildman–Crippen LogP) is 3.87. The van der Waals surface area contributed by atoms with Crippen LogP contribution >= 0.6 is 0 Å². The van der Waals surface area contributed by atoms with Crippen LogP contribution in [0.3, 0.4) is 0 Å². The van der Waals surface area contributed by atoms with E-state index in [-0.39, 0.29) is 11.7 Å². The molecule has 0 unspecified atom stereocenters. The van der Waals surface area contributed by atoms with E-state index in [1.165, 1.54) is 0 Å². The van der Waals surface area contributed by atoms with E-state index in [4.69, 9.17) is 14.6 Å². The van der Waals surface area contributed by atoms with Crippen molar-refractivity contribution in [1.82, 2.24) is 14.9 Å². The van der Waals surface area contributed by atoms with E-state index in [1.807, 2.05) is 20.8 Å². The van der Waals surface area contributed by atoms with Crippen molar-refractivity contribution >= 4 is 12.1 Å². The van der Waals surface area contributed by atoms with Crippen LogP contribution in [-0.4, -0.2) is 57.3 Å². The quantitative estimate of drug-likeness (QED) is 0.794. The molecule has 8 nitrogen and oxygen atoms in total. The number of hydrogen-bond donors (Lipinski definition) is 1. The summed E-state index contributed by atoms with van der Waals surface area (Å²) < 4.78 is 11.1. The maximum atomic E-state index is 12.1. The number of aromatic nitrogens is 2. The second kappa shape index (κ2) is 9.11. The highest BCUT2D eigenvalue weighted by atomic mass is 16.6. The van der Waals surface area contributed by atoms with E-state index in [1.54, 1.807) is 41.6 Å². The molecule has 1 aliphatic heterocycles. The number of ether oxygens (including phenoxy) is 2. The van der Waals surface area contributed by atoms with Gasteiger partial charge >= 0.3 is 18.1 Å². The highest BCUT2D eigenvalue weighted by molar-refractivity contribution is 5.88. The fraction of sp³-hybridized carbons (Fsp3) is 0.455. The van der Waals surface area contributed by atoms with E-state index in [2.05, 4.69) is 9.97 Å². The number of likely N-dealkylation sites (tertiary alicyclic amines) is 1. The number of carboxylic acids is 1. The summed E-state index contributed by atoms with van der Waals surface area (Å²) in [5, 5.41) is 8.97. The van der Waals surface area contributed by atoms with Crippen molar-refractivity contribution in [3.63, 3.8) is 0 Å². The van der Waals surface area contributed by atoms with Crippen molar-refractivity contribution in [2.75, 3.05) is 19.7 Å². The molecular weight excluding hydrogens is 386 g/mol. The molecule has 1 aromatic heterocycles. The van der Waals surface area contributed by atoms with E-state index < -0.39 is 11.6 Å². The van der Waals surface area contributed by atoms with Crippen LogP contribution in [0.1, 0.15) is 44.0 Å². The molecule has 8 heteroatoms. The van der Waals surface area contributed by atoms with Gasteiger partial charge in [0.15, 0.2) is 0 Å². The molecule has 30 heavy (non-hydrogen) atoms. The van der Waals surface area contributed by atoms with Gasteiger partial charge < -0.3 is 19.5 Å². The third-order valence-electron chi connectivity index (χ3n) is 4.81. The Kier molecular flexibility index (Phi) is 6.54. The Bertz CT molecular complexity index is 867. The lowest BCUT2D eigenvalue weighted by Gasteiger charge is -2.33. The maximum absolute atomic E-state index is 12.1. The van der Waals surface area contributed by atoms with Gasteiger partial charge in [0.1, 0.15) is 5.60 Å². The van der Waals surface area contributed by atoms with Gasteiger partial charge in [0.25, 0.3) is 0 Å². The molecule has 2 aromatic rings. The average molecular weight is 413 g/mol. The van der Waals surface area contributed by atoms with Crippen molar-refractivity contribution < 1.29 is 24.2 Å². The molecule has 1 saturated heterocycles. The summed E-state index contributed by atoms with van der Waals surface area (Å²) in [6, 6.07) is 6.84. The number of carboxylic acid groups (broad SMARTS) is 1. The number of aromatic carboxylic acids is 1. The molecule has 160 valence electrons. The molecule has 0 spiro atoms. The summed E-state index contributed by atoms with van der Waals surface area (Å²) in [5.74, 6) is -0.631. The van der Waals surface area contributed by atoms with Gasteiger partial charge in [-0.1, -0.05) is 12.1 Å². The van der Waals surface area contributed by atoms with Gasteiger partial charge in [-0.2, -0.15) is 0 Å². The zero-order valence-electron chi connectivity index (χ0n) is 17.5. The van der Waals surface area contributed by atoms with Gasteiger partial charge in [0.2, 0.25) is 0 Å². The topological polar surface area (TPSA) is 102 Å². The highest BCUT2D eigenvalue weighted by Crippen LogP contribution is 2.22. The molecular formula is C22H27N3O5. The van der Waals surface area contributed by atoms with Crippen LogP contribution in [0.2, 0.25) is 0 Å². The maximum Gasteiger partial charge on any atom is 0.410 e. The van der Waals surface area contributed by atoms with Gasteiger partial charge in [-0.25, -0.2) is 19.6 Å². The smallest absolute Gasteiger partial charge is 0.410 e. The Morgan fingerprint density at radius 2 is 1.67 bits per heavy atom. The number of piperidine rings is 1. The fourth-order valence-corrected chi connectivity index (χ4v) is 3.15. The number of carbonyl (C=O) groups is 2. The van der Waals surface area contributed by atoms with Crippen LogP contribution < -0.4 is 4.74 Å². The lowest BCUT2D eigenvalue weighted by atomic mass is 9.98. The number of benzene rings is 1. The number of carbonyl (C=O) groups excluding carboxylic acids is 1. The van der Waals surface area contributed by atoms with E-state index in [0.29, 0.717) is 31.6 Å². The minimum Gasteiger partial charge on any atom is -0.478 e. The van der Waals surface area contributed by atoms with Crippen LogP contribution in [0.25, 0.3) is 11.1 Å². The van der Waals surface area contributed by atoms with E-state index in [0.717, 1.165) is 24.0 Å².